The summed E-state index contributed by atoms with van der Waals surface area (Å²) in [5.41, 5.74) is 6.19. The van der Waals surface area contributed by atoms with Crippen molar-refractivity contribution >= 4 is 35.0 Å². The first-order valence-corrected chi connectivity index (χ1v) is 10.2. The van der Waals surface area contributed by atoms with Crippen molar-refractivity contribution < 1.29 is 9.59 Å². The predicted octanol–water partition coefficient (Wildman–Crippen LogP) is 2.46. The van der Waals surface area contributed by atoms with Gasteiger partial charge in [-0.05, 0) is 23.4 Å². The molecule has 0 saturated carbocycles. The van der Waals surface area contributed by atoms with Crippen molar-refractivity contribution in [3.63, 3.8) is 0 Å². The maximum atomic E-state index is 11.7. The highest BCUT2D eigenvalue weighted by Crippen LogP contribution is 2.21. The fraction of sp³-hybridized carbons (Fsp3) is 0.222. The van der Waals surface area contributed by atoms with E-state index >= 15 is 0 Å². The van der Waals surface area contributed by atoms with Gasteiger partial charge in [-0.1, -0.05) is 48.2 Å². The average Bonchev–Trinajstić information content (AvgIpc) is 3.29. The maximum Gasteiger partial charge on any atom is 0.318 e. The topological polar surface area (TPSA) is 103 Å². The van der Waals surface area contributed by atoms with Crippen LogP contribution in [0.4, 0.5) is 4.79 Å². The molecule has 0 fully saturated rings. The number of carbonyl (C=O) groups excluding carboxylic acids is 2. The number of rotatable bonds is 8. The van der Waals surface area contributed by atoms with Crippen LogP contribution in [0.3, 0.4) is 0 Å². The van der Waals surface area contributed by atoms with E-state index in [1.807, 2.05) is 34.2 Å². The highest BCUT2D eigenvalue weighted by atomic mass is 32.2. The third-order valence-corrected chi connectivity index (χ3v) is 5.61. The lowest BCUT2D eigenvalue weighted by molar-refractivity contribution is -0.117. The van der Waals surface area contributed by atoms with E-state index in [4.69, 9.17) is 5.73 Å². The number of aromatic nitrogens is 3. The fourth-order valence-corrected chi connectivity index (χ4v) is 4.02. The quantitative estimate of drug-likeness (QED) is 0.565. The van der Waals surface area contributed by atoms with Crippen LogP contribution < -0.4 is 11.1 Å². The van der Waals surface area contributed by atoms with Crippen LogP contribution in [0.5, 0.6) is 0 Å². The number of benzene rings is 1. The molecule has 3 aromatic rings. The smallest absolute Gasteiger partial charge is 0.318 e. The van der Waals surface area contributed by atoms with Gasteiger partial charge in [0.25, 0.3) is 0 Å². The van der Waals surface area contributed by atoms with Gasteiger partial charge in [-0.3, -0.25) is 10.1 Å². The summed E-state index contributed by atoms with van der Waals surface area (Å²) in [5, 5.41) is 13.3. The van der Waals surface area contributed by atoms with Crippen LogP contribution in [0.2, 0.25) is 0 Å². The van der Waals surface area contributed by atoms with E-state index in [2.05, 4.69) is 33.7 Å². The summed E-state index contributed by atoms with van der Waals surface area (Å²) in [6.07, 6.45) is 1.52. The molecular formula is C18H19N5O2S2. The van der Waals surface area contributed by atoms with Crippen molar-refractivity contribution in [1.29, 1.82) is 0 Å². The largest absolute Gasteiger partial charge is 0.351 e. The average molecular weight is 402 g/mol. The first-order valence-electron chi connectivity index (χ1n) is 8.32. The molecule has 7 nitrogen and oxygen atoms in total. The van der Waals surface area contributed by atoms with Crippen LogP contribution in [-0.2, 0) is 24.2 Å². The summed E-state index contributed by atoms with van der Waals surface area (Å²) >= 11 is 2.91. The van der Waals surface area contributed by atoms with Crippen molar-refractivity contribution in [2.24, 2.45) is 5.73 Å². The molecule has 3 rings (SSSR count). The van der Waals surface area contributed by atoms with Gasteiger partial charge in [0.05, 0.1) is 5.75 Å². The molecule has 140 valence electrons. The summed E-state index contributed by atoms with van der Waals surface area (Å²) in [6.45, 7) is 0.706. The number of nitrogens with one attached hydrogen (secondary N) is 1. The molecule has 27 heavy (non-hydrogen) atoms. The van der Waals surface area contributed by atoms with Crippen LogP contribution in [0.15, 0.2) is 53.0 Å². The Kier molecular flexibility index (Phi) is 6.61. The van der Waals surface area contributed by atoms with Crippen molar-refractivity contribution in [3.05, 3.63) is 64.1 Å². The second kappa shape index (κ2) is 9.33. The standard InChI is InChI=1S/C18H19N5O2S2/c19-17(25)20-16(24)12-27-18-22-21-15(11-14-7-4-10-26-14)23(18)9-8-13-5-2-1-3-6-13/h1-7,10H,8-9,11-12H2,(H3,19,20,24,25). The second-order valence-electron chi connectivity index (χ2n) is 5.74. The van der Waals surface area contributed by atoms with E-state index < -0.39 is 11.9 Å². The zero-order chi connectivity index (χ0) is 19.1. The first-order chi connectivity index (χ1) is 13.1. The molecular weight excluding hydrogens is 382 g/mol. The molecule has 0 radical (unpaired) electrons. The summed E-state index contributed by atoms with van der Waals surface area (Å²) in [7, 11) is 0. The number of thioether (sulfide) groups is 1. The first kappa shape index (κ1) is 19.1. The number of hydrogen-bond donors (Lipinski definition) is 2. The van der Waals surface area contributed by atoms with Gasteiger partial charge in [-0.2, -0.15) is 0 Å². The fourth-order valence-electron chi connectivity index (χ4n) is 2.54. The number of hydrogen-bond acceptors (Lipinski definition) is 6. The van der Waals surface area contributed by atoms with E-state index in [0.29, 0.717) is 18.1 Å². The minimum Gasteiger partial charge on any atom is -0.351 e. The van der Waals surface area contributed by atoms with Gasteiger partial charge in [0.15, 0.2) is 5.16 Å². The molecule has 0 unspecified atom stereocenters. The molecule has 9 heteroatoms. The van der Waals surface area contributed by atoms with E-state index in [1.165, 1.54) is 22.2 Å². The molecule has 0 spiro atoms. The molecule has 0 aliphatic rings. The van der Waals surface area contributed by atoms with Gasteiger partial charge in [-0.25, -0.2) is 4.79 Å². The lowest BCUT2D eigenvalue weighted by Gasteiger charge is -2.10. The minimum atomic E-state index is -0.857. The van der Waals surface area contributed by atoms with Crippen LogP contribution in [-0.4, -0.2) is 32.5 Å². The summed E-state index contributed by atoms with van der Waals surface area (Å²) in [4.78, 5) is 23.7. The van der Waals surface area contributed by atoms with E-state index in [9.17, 15) is 9.59 Å². The Hall–Kier alpha value is -2.65. The van der Waals surface area contributed by atoms with E-state index in [1.54, 1.807) is 11.3 Å². The third-order valence-electron chi connectivity index (χ3n) is 3.77. The molecule has 3 amide bonds. The van der Waals surface area contributed by atoms with Gasteiger partial charge in [-0.15, -0.1) is 21.5 Å². The molecule has 0 saturated heterocycles. The highest BCUT2D eigenvalue weighted by molar-refractivity contribution is 7.99. The lowest BCUT2D eigenvalue weighted by atomic mass is 10.1. The molecule has 2 heterocycles. The van der Waals surface area contributed by atoms with Crippen LogP contribution >= 0.6 is 23.1 Å². The number of thiophene rings is 1. The highest BCUT2D eigenvalue weighted by Gasteiger charge is 2.15. The molecule has 2 aromatic heterocycles. The number of aryl methyl sites for hydroxylation is 1. The van der Waals surface area contributed by atoms with Gasteiger partial charge in [0.2, 0.25) is 5.91 Å². The molecule has 1 aromatic carbocycles. The Morgan fingerprint density at radius 1 is 1.15 bits per heavy atom. The Bertz CT molecular complexity index is 894. The summed E-state index contributed by atoms with van der Waals surface area (Å²) < 4.78 is 2.04. The number of nitrogens with two attached hydrogens (primary N) is 1. The maximum absolute atomic E-state index is 11.7. The van der Waals surface area contributed by atoms with Crippen molar-refractivity contribution in [2.45, 2.75) is 24.5 Å². The number of carbonyl (C=O) groups is 2. The SMILES string of the molecule is NC(=O)NC(=O)CSc1nnc(Cc2cccs2)n1CCc1ccccc1. The third kappa shape index (κ3) is 5.66. The number of amides is 3. The van der Waals surface area contributed by atoms with Gasteiger partial charge >= 0.3 is 6.03 Å². The number of nitrogens with zero attached hydrogens (tertiary/aromatic N) is 3. The predicted molar refractivity (Wildman–Crippen MR) is 106 cm³/mol. The van der Waals surface area contributed by atoms with E-state index in [0.717, 1.165) is 12.2 Å². The Morgan fingerprint density at radius 2 is 1.96 bits per heavy atom. The summed E-state index contributed by atoms with van der Waals surface area (Å²) in [6, 6.07) is 13.4. The van der Waals surface area contributed by atoms with Crippen molar-refractivity contribution in [3.8, 4) is 0 Å². The van der Waals surface area contributed by atoms with Crippen LogP contribution in [0, 0.1) is 0 Å². The van der Waals surface area contributed by atoms with Crippen molar-refractivity contribution in [2.75, 3.05) is 5.75 Å². The Morgan fingerprint density at radius 3 is 2.67 bits per heavy atom. The normalized spacial score (nSPS) is 10.7. The van der Waals surface area contributed by atoms with Crippen molar-refractivity contribution in [1.82, 2.24) is 20.1 Å². The van der Waals surface area contributed by atoms with Crippen LogP contribution in [0.25, 0.3) is 0 Å². The second-order valence-corrected chi connectivity index (χ2v) is 7.72. The monoisotopic (exact) mass is 401 g/mol. The molecule has 0 bridgehead atoms. The number of imide groups is 1. The Balaban J connectivity index is 1.74. The lowest BCUT2D eigenvalue weighted by Crippen LogP contribution is -2.36. The van der Waals surface area contributed by atoms with Gasteiger partial charge in [0, 0.05) is 17.8 Å². The Labute approximate surface area is 165 Å². The number of primary amides is 1. The minimum absolute atomic E-state index is 0.0470. The summed E-state index contributed by atoms with van der Waals surface area (Å²) in [5.74, 6) is 0.446. The van der Waals surface area contributed by atoms with Crippen LogP contribution in [0.1, 0.15) is 16.3 Å². The zero-order valence-electron chi connectivity index (χ0n) is 14.5. The molecule has 0 aliphatic carbocycles. The molecule has 3 N–H and O–H groups in total. The van der Waals surface area contributed by atoms with Gasteiger partial charge in [0.1, 0.15) is 5.82 Å². The molecule has 0 aliphatic heterocycles. The zero-order valence-corrected chi connectivity index (χ0v) is 16.1. The van der Waals surface area contributed by atoms with E-state index in [-0.39, 0.29) is 5.75 Å². The van der Waals surface area contributed by atoms with Gasteiger partial charge < -0.3 is 10.3 Å². The number of urea groups is 1. The molecule has 0 atom stereocenters.